The highest BCUT2D eigenvalue weighted by Crippen LogP contribution is 2.15. The Balaban J connectivity index is 3.70. The van der Waals surface area contributed by atoms with Crippen LogP contribution in [0.25, 0.3) is 0 Å². The molecule has 102 valence electrons. The number of hydrogen-bond acceptors (Lipinski definition) is 2. The molecule has 0 aromatic heterocycles. The smallest absolute Gasteiger partial charge is 0.370 e. The second kappa shape index (κ2) is 7.37. The van der Waals surface area contributed by atoms with Gasteiger partial charge in [0, 0.05) is 12.6 Å². The van der Waals surface area contributed by atoms with Crippen molar-refractivity contribution in [2.75, 3.05) is 26.7 Å². The van der Waals surface area contributed by atoms with Gasteiger partial charge in [-0.3, -0.25) is 9.89 Å². The molecule has 0 atom stereocenters. The van der Waals surface area contributed by atoms with Gasteiger partial charge in [0.25, 0.3) is 0 Å². The molecule has 0 rings (SSSR count). The van der Waals surface area contributed by atoms with Crippen molar-refractivity contribution in [1.82, 2.24) is 10.2 Å². The third kappa shape index (κ3) is 11.3. The van der Waals surface area contributed by atoms with Crippen LogP contribution in [0, 0.1) is 0 Å². The van der Waals surface area contributed by atoms with E-state index in [2.05, 4.69) is 10.3 Å². The number of nitrogens with two attached hydrogens (primary N) is 1. The highest BCUT2D eigenvalue weighted by Gasteiger charge is 2.28. The van der Waals surface area contributed by atoms with Crippen molar-refractivity contribution in [3.05, 3.63) is 0 Å². The van der Waals surface area contributed by atoms with Crippen molar-refractivity contribution in [2.45, 2.75) is 32.5 Å². The minimum Gasteiger partial charge on any atom is -0.370 e. The molecule has 0 bridgehead atoms. The molecule has 0 spiro atoms. The first-order valence-electron chi connectivity index (χ1n) is 5.52. The van der Waals surface area contributed by atoms with E-state index in [0.29, 0.717) is 25.5 Å². The number of halogens is 3. The molecule has 0 aromatic carbocycles. The average Bonchev–Trinajstić information content (AvgIpc) is 2.08. The van der Waals surface area contributed by atoms with Crippen LogP contribution in [0.1, 0.15) is 20.3 Å². The summed E-state index contributed by atoms with van der Waals surface area (Å²) < 4.78 is 36.0. The molecule has 0 amide bonds. The minimum absolute atomic E-state index is 0.201. The monoisotopic (exact) mass is 254 g/mol. The van der Waals surface area contributed by atoms with Crippen LogP contribution >= 0.6 is 0 Å². The Morgan fingerprint density at radius 1 is 1.41 bits per heavy atom. The maximum atomic E-state index is 12.0. The van der Waals surface area contributed by atoms with Gasteiger partial charge in [-0.1, -0.05) is 0 Å². The quantitative estimate of drug-likeness (QED) is 0.425. The number of guanidine groups is 1. The molecular weight excluding hydrogens is 233 g/mol. The number of alkyl halides is 3. The van der Waals surface area contributed by atoms with Crippen LogP contribution in [-0.2, 0) is 0 Å². The summed E-state index contributed by atoms with van der Waals surface area (Å²) in [6, 6.07) is 0.201. The van der Waals surface area contributed by atoms with Crippen LogP contribution in [-0.4, -0.2) is 49.8 Å². The molecule has 0 aliphatic heterocycles. The first-order valence-corrected chi connectivity index (χ1v) is 5.52. The van der Waals surface area contributed by atoms with Gasteiger partial charge in [-0.2, -0.15) is 13.2 Å². The number of rotatable bonds is 6. The number of aliphatic imine (C=N–C) groups is 1. The lowest BCUT2D eigenvalue weighted by molar-refractivity contribution is -0.143. The van der Waals surface area contributed by atoms with E-state index in [1.54, 1.807) is 0 Å². The van der Waals surface area contributed by atoms with Gasteiger partial charge in [0.2, 0.25) is 0 Å². The van der Waals surface area contributed by atoms with E-state index in [1.165, 1.54) is 11.9 Å². The van der Waals surface area contributed by atoms with E-state index in [-0.39, 0.29) is 6.04 Å². The average molecular weight is 254 g/mol. The summed E-state index contributed by atoms with van der Waals surface area (Å²) >= 11 is 0. The fourth-order valence-corrected chi connectivity index (χ4v) is 1.27. The topological polar surface area (TPSA) is 53.6 Å². The van der Waals surface area contributed by atoms with E-state index in [9.17, 15) is 13.2 Å². The molecule has 0 fully saturated rings. The molecule has 0 aliphatic rings. The predicted octanol–water partition coefficient (Wildman–Crippen LogP) is 1.18. The van der Waals surface area contributed by atoms with Gasteiger partial charge in [-0.05, 0) is 33.9 Å². The molecule has 7 heteroatoms. The molecule has 4 nitrogen and oxygen atoms in total. The lowest BCUT2D eigenvalue weighted by Crippen LogP contribution is -2.37. The second-order valence-electron chi connectivity index (χ2n) is 4.27. The Hall–Kier alpha value is -0.980. The van der Waals surface area contributed by atoms with Gasteiger partial charge in [-0.15, -0.1) is 0 Å². The van der Waals surface area contributed by atoms with Crippen LogP contribution in [0.15, 0.2) is 4.99 Å². The Bertz CT molecular complexity index is 238. The Morgan fingerprint density at radius 3 is 2.47 bits per heavy atom. The maximum Gasteiger partial charge on any atom is 0.401 e. The van der Waals surface area contributed by atoms with Crippen LogP contribution in [0.4, 0.5) is 13.2 Å². The molecule has 0 unspecified atom stereocenters. The zero-order valence-corrected chi connectivity index (χ0v) is 10.5. The van der Waals surface area contributed by atoms with Crippen molar-refractivity contribution in [3.8, 4) is 0 Å². The molecule has 0 radical (unpaired) electrons. The standard InChI is InChI=1S/C10H21F3N4/c1-8(2)16-9(14)15-5-4-6-17(3)7-10(11,12)13/h8H,4-7H2,1-3H3,(H3,14,15,16). The Labute approximate surface area is 100 Å². The molecule has 17 heavy (non-hydrogen) atoms. The number of nitrogens with one attached hydrogen (secondary N) is 1. The summed E-state index contributed by atoms with van der Waals surface area (Å²) in [5.74, 6) is 0.332. The van der Waals surface area contributed by atoms with E-state index >= 15 is 0 Å². The van der Waals surface area contributed by atoms with Gasteiger partial charge in [-0.25, -0.2) is 0 Å². The SMILES string of the molecule is CC(C)NC(N)=NCCCN(C)CC(F)(F)F. The largest absolute Gasteiger partial charge is 0.401 e. The number of hydrogen-bond donors (Lipinski definition) is 2. The van der Waals surface area contributed by atoms with E-state index in [4.69, 9.17) is 5.73 Å². The van der Waals surface area contributed by atoms with Crippen LogP contribution < -0.4 is 11.1 Å². The normalized spacial score (nSPS) is 13.5. The first kappa shape index (κ1) is 16.0. The van der Waals surface area contributed by atoms with Gasteiger partial charge < -0.3 is 11.1 Å². The van der Waals surface area contributed by atoms with E-state index in [0.717, 1.165) is 0 Å². The lowest BCUT2D eigenvalue weighted by atomic mass is 10.4. The molecule has 0 saturated carbocycles. The highest BCUT2D eigenvalue weighted by atomic mass is 19.4. The fourth-order valence-electron chi connectivity index (χ4n) is 1.27. The third-order valence-electron chi connectivity index (χ3n) is 1.87. The highest BCUT2D eigenvalue weighted by molar-refractivity contribution is 5.77. The molecule has 0 aliphatic carbocycles. The third-order valence-corrected chi connectivity index (χ3v) is 1.87. The number of nitrogens with zero attached hydrogens (tertiary/aromatic N) is 2. The Kier molecular flexibility index (Phi) is 6.94. The zero-order chi connectivity index (χ0) is 13.5. The zero-order valence-electron chi connectivity index (χ0n) is 10.5. The van der Waals surface area contributed by atoms with Crippen molar-refractivity contribution in [1.29, 1.82) is 0 Å². The molecular formula is C10H21F3N4. The summed E-state index contributed by atoms with van der Waals surface area (Å²) in [7, 11) is 1.44. The van der Waals surface area contributed by atoms with Crippen molar-refractivity contribution in [2.24, 2.45) is 10.7 Å². The Morgan fingerprint density at radius 2 is 2.00 bits per heavy atom. The maximum absolute atomic E-state index is 12.0. The second-order valence-corrected chi connectivity index (χ2v) is 4.27. The predicted molar refractivity (Wildman–Crippen MR) is 62.9 cm³/mol. The minimum atomic E-state index is -4.14. The summed E-state index contributed by atoms with van der Waals surface area (Å²) in [4.78, 5) is 5.23. The van der Waals surface area contributed by atoms with Gasteiger partial charge in [0.05, 0.1) is 6.54 Å². The lowest BCUT2D eigenvalue weighted by Gasteiger charge is -2.17. The van der Waals surface area contributed by atoms with Crippen LogP contribution in [0.3, 0.4) is 0 Å². The van der Waals surface area contributed by atoms with E-state index in [1.807, 2.05) is 13.8 Å². The van der Waals surface area contributed by atoms with Gasteiger partial charge in [0.15, 0.2) is 5.96 Å². The summed E-state index contributed by atoms with van der Waals surface area (Å²) in [6.07, 6.45) is -3.59. The van der Waals surface area contributed by atoms with E-state index < -0.39 is 12.7 Å². The summed E-state index contributed by atoms with van der Waals surface area (Å²) in [5, 5.41) is 2.90. The van der Waals surface area contributed by atoms with Crippen molar-refractivity contribution >= 4 is 5.96 Å². The van der Waals surface area contributed by atoms with Crippen LogP contribution in [0.5, 0.6) is 0 Å². The van der Waals surface area contributed by atoms with Crippen LogP contribution in [0.2, 0.25) is 0 Å². The van der Waals surface area contributed by atoms with Crippen molar-refractivity contribution < 1.29 is 13.2 Å². The summed E-state index contributed by atoms with van der Waals surface area (Å²) in [6.45, 7) is 3.74. The first-order chi connectivity index (χ1) is 7.70. The summed E-state index contributed by atoms with van der Waals surface area (Å²) in [5.41, 5.74) is 5.54. The molecule has 0 heterocycles. The molecule has 0 aromatic rings. The van der Waals surface area contributed by atoms with Gasteiger partial charge in [0.1, 0.15) is 0 Å². The van der Waals surface area contributed by atoms with Crippen molar-refractivity contribution in [3.63, 3.8) is 0 Å². The fraction of sp³-hybridized carbons (Fsp3) is 0.900. The molecule has 3 N–H and O–H groups in total. The molecule has 0 saturated heterocycles. The van der Waals surface area contributed by atoms with Gasteiger partial charge >= 0.3 is 6.18 Å².